The molecule has 1 saturated heterocycles. The monoisotopic (exact) mass is 402 g/mol. The lowest BCUT2D eigenvalue weighted by atomic mass is 9.72. The van der Waals surface area contributed by atoms with Crippen LogP contribution < -0.4 is 5.32 Å². The first kappa shape index (κ1) is 19.9. The van der Waals surface area contributed by atoms with E-state index in [0.717, 1.165) is 56.5 Å². The maximum absolute atomic E-state index is 13.0. The number of hydrogen-bond acceptors (Lipinski definition) is 3. The molecule has 0 radical (unpaired) electrons. The Hall–Kier alpha value is -1.36. The Kier molecular flexibility index (Phi) is 5.56. The van der Waals surface area contributed by atoms with E-state index in [4.69, 9.17) is 0 Å². The van der Waals surface area contributed by atoms with E-state index in [1.54, 1.807) is 11.3 Å². The van der Waals surface area contributed by atoms with E-state index in [1.165, 1.54) is 23.3 Å². The lowest BCUT2D eigenvalue weighted by Crippen LogP contribution is -2.48. The van der Waals surface area contributed by atoms with Gasteiger partial charge in [-0.15, -0.1) is 11.3 Å². The maximum Gasteiger partial charge on any atom is 0.263 e. The van der Waals surface area contributed by atoms with E-state index >= 15 is 0 Å². The molecule has 154 valence electrons. The molecule has 0 aromatic carbocycles. The first-order chi connectivity index (χ1) is 13.3. The minimum Gasteiger partial charge on any atom is -0.353 e. The number of aryl methyl sites for hydroxylation is 1. The molecule has 1 atom stereocenters. The topological polar surface area (TPSA) is 49.4 Å². The van der Waals surface area contributed by atoms with Crippen molar-refractivity contribution in [1.82, 2.24) is 10.2 Å². The number of fused-ring (bicyclic) bond motifs is 1. The highest BCUT2D eigenvalue weighted by Gasteiger charge is 2.32. The van der Waals surface area contributed by atoms with E-state index < -0.39 is 0 Å². The first-order valence-electron chi connectivity index (χ1n) is 11.0. The van der Waals surface area contributed by atoms with E-state index in [1.807, 2.05) is 4.90 Å². The Balaban J connectivity index is 1.32. The van der Waals surface area contributed by atoms with Gasteiger partial charge in [0, 0.05) is 29.9 Å². The van der Waals surface area contributed by atoms with Crippen LogP contribution in [0.1, 0.15) is 79.4 Å². The molecule has 1 aromatic rings. The summed E-state index contributed by atoms with van der Waals surface area (Å²) in [6, 6.07) is 2.41. The summed E-state index contributed by atoms with van der Waals surface area (Å²) in [5.74, 6) is 1.37. The number of thiophene rings is 1. The third-order valence-corrected chi connectivity index (χ3v) is 8.35. The van der Waals surface area contributed by atoms with Crippen molar-refractivity contribution < 1.29 is 9.59 Å². The first-order valence-corrected chi connectivity index (χ1v) is 11.8. The van der Waals surface area contributed by atoms with Gasteiger partial charge in [-0.25, -0.2) is 0 Å². The standard InChI is InChI=1S/C23H34N2O2S/c1-23(2,3)17-7-8-19-16(13-17)14-20(28-19)22(27)25-11-9-18(10-12-25)24-21(26)15-5-4-6-15/h14-15,17-18H,4-13H2,1-3H3,(H,24,26). The predicted molar refractivity (Wildman–Crippen MR) is 114 cm³/mol. The van der Waals surface area contributed by atoms with Gasteiger partial charge in [0.05, 0.1) is 4.88 Å². The minimum absolute atomic E-state index is 0.190. The number of amides is 2. The molecule has 5 heteroatoms. The maximum atomic E-state index is 13.0. The Labute approximate surface area is 173 Å². The average molecular weight is 403 g/mol. The van der Waals surface area contributed by atoms with Gasteiger partial charge in [0.1, 0.15) is 0 Å². The van der Waals surface area contributed by atoms with Gasteiger partial charge in [0.15, 0.2) is 0 Å². The van der Waals surface area contributed by atoms with Gasteiger partial charge in [0.25, 0.3) is 5.91 Å². The third kappa shape index (κ3) is 4.14. The number of likely N-dealkylation sites (tertiary alicyclic amines) is 1. The Morgan fingerprint density at radius 1 is 1.11 bits per heavy atom. The van der Waals surface area contributed by atoms with Gasteiger partial charge in [-0.05, 0) is 67.9 Å². The fraction of sp³-hybridized carbons (Fsp3) is 0.739. The molecule has 0 spiro atoms. The summed E-state index contributed by atoms with van der Waals surface area (Å²) in [4.78, 5) is 29.5. The minimum atomic E-state index is 0.190. The molecule has 4 rings (SSSR count). The van der Waals surface area contributed by atoms with Crippen molar-refractivity contribution in [2.75, 3.05) is 13.1 Å². The molecule has 28 heavy (non-hydrogen) atoms. The number of nitrogens with one attached hydrogen (secondary N) is 1. The van der Waals surface area contributed by atoms with Crippen LogP contribution in [-0.2, 0) is 17.6 Å². The van der Waals surface area contributed by atoms with E-state index in [9.17, 15) is 9.59 Å². The fourth-order valence-electron chi connectivity index (χ4n) is 4.74. The second-order valence-corrected chi connectivity index (χ2v) is 11.2. The van der Waals surface area contributed by atoms with Gasteiger partial charge < -0.3 is 10.2 Å². The third-order valence-electron chi connectivity index (χ3n) is 7.12. The number of carbonyl (C=O) groups is 2. The van der Waals surface area contributed by atoms with Gasteiger partial charge in [-0.1, -0.05) is 27.2 Å². The molecule has 2 amide bonds. The van der Waals surface area contributed by atoms with E-state index in [0.29, 0.717) is 11.3 Å². The smallest absolute Gasteiger partial charge is 0.263 e. The van der Waals surface area contributed by atoms with Crippen LogP contribution in [0.5, 0.6) is 0 Å². The lowest BCUT2D eigenvalue weighted by molar-refractivity contribution is -0.128. The summed E-state index contributed by atoms with van der Waals surface area (Å²) in [7, 11) is 0. The lowest BCUT2D eigenvalue weighted by Gasteiger charge is -2.34. The number of rotatable bonds is 3. The van der Waals surface area contributed by atoms with Crippen molar-refractivity contribution in [1.29, 1.82) is 0 Å². The van der Waals surface area contributed by atoms with Gasteiger partial charge in [-0.2, -0.15) is 0 Å². The number of hydrogen-bond donors (Lipinski definition) is 1. The predicted octanol–water partition coefficient (Wildman–Crippen LogP) is 4.42. The Bertz CT molecular complexity index is 736. The summed E-state index contributed by atoms with van der Waals surface area (Å²) in [5.41, 5.74) is 1.73. The highest BCUT2D eigenvalue weighted by Crippen LogP contribution is 2.40. The molecule has 1 aliphatic heterocycles. The highest BCUT2D eigenvalue weighted by molar-refractivity contribution is 7.14. The molecule has 1 unspecified atom stereocenters. The molecule has 1 N–H and O–H groups in total. The Morgan fingerprint density at radius 2 is 1.82 bits per heavy atom. The van der Waals surface area contributed by atoms with Crippen molar-refractivity contribution in [3.8, 4) is 0 Å². The summed E-state index contributed by atoms with van der Waals surface area (Å²) < 4.78 is 0. The molecule has 2 heterocycles. The number of piperidine rings is 1. The van der Waals surface area contributed by atoms with Gasteiger partial charge in [-0.3, -0.25) is 9.59 Å². The number of nitrogens with zero attached hydrogens (tertiary/aromatic N) is 1. The molecule has 4 nitrogen and oxygen atoms in total. The molecule has 2 fully saturated rings. The van der Waals surface area contributed by atoms with Crippen molar-refractivity contribution in [2.45, 2.75) is 78.2 Å². The second-order valence-electron chi connectivity index (χ2n) is 10.1. The van der Waals surface area contributed by atoms with Gasteiger partial charge in [0.2, 0.25) is 5.91 Å². The zero-order chi connectivity index (χ0) is 19.9. The molecule has 1 saturated carbocycles. The summed E-state index contributed by atoms with van der Waals surface area (Å²) in [6.07, 6.45) is 8.48. The van der Waals surface area contributed by atoms with Crippen LogP contribution in [0.15, 0.2) is 6.07 Å². The van der Waals surface area contributed by atoms with Crippen LogP contribution in [0.25, 0.3) is 0 Å². The van der Waals surface area contributed by atoms with Crippen LogP contribution in [0.3, 0.4) is 0 Å². The van der Waals surface area contributed by atoms with Crippen molar-refractivity contribution in [2.24, 2.45) is 17.3 Å². The van der Waals surface area contributed by atoms with Crippen molar-refractivity contribution in [3.63, 3.8) is 0 Å². The summed E-state index contributed by atoms with van der Waals surface area (Å²) >= 11 is 1.71. The number of carbonyl (C=O) groups excluding carboxylic acids is 2. The summed E-state index contributed by atoms with van der Waals surface area (Å²) in [5, 5.41) is 3.20. The average Bonchev–Trinajstić information content (AvgIpc) is 3.02. The van der Waals surface area contributed by atoms with Gasteiger partial charge >= 0.3 is 0 Å². The molecule has 2 aliphatic carbocycles. The fourth-order valence-corrected chi connectivity index (χ4v) is 5.92. The van der Waals surface area contributed by atoms with Crippen LogP contribution in [0.2, 0.25) is 0 Å². The molecule has 0 bridgehead atoms. The van der Waals surface area contributed by atoms with E-state index in [2.05, 4.69) is 32.2 Å². The largest absolute Gasteiger partial charge is 0.353 e. The van der Waals surface area contributed by atoms with Crippen LogP contribution in [0.4, 0.5) is 0 Å². The zero-order valence-corrected chi connectivity index (χ0v) is 18.4. The second kappa shape index (κ2) is 7.81. The summed E-state index contributed by atoms with van der Waals surface area (Å²) in [6.45, 7) is 8.49. The normalized spacial score (nSPS) is 23.8. The Morgan fingerprint density at radius 3 is 2.43 bits per heavy atom. The molecule has 3 aliphatic rings. The molecular formula is C23H34N2O2S. The van der Waals surface area contributed by atoms with Crippen LogP contribution in [-0.4, -0.2) is 35.8 Å². The SMILES string of the molecule is CC(C)(C)C1CCc2sc(C(=O)N3CCC(NC(=O)C4CCC4)CC3)cc2C1. The molecular weight excluding hydrogens is 368 g/mol. The molecule has 1 aromatic heterocycles. The quantitative estimate of drug-likeness (QED) is 0.814. The van der Waals surface area contributed by atoms with Crippen LogP contribution in [0, 0.1) is 17.3 Å². The highest BCUT2D eigenvalue weighted by atomic mass is 32.1. The zero-order valence-electron chi connectivity index (χ0n) is 17.6. The van der Waals surface area contributed by atoms with Crippen molar-refractivity contribution >= 4 is 23.2 Å². The van der Waals surface area contributed by atoms with Crippen LogP contribution >= 0.6 is 11.3 Å². The van der Waals surface area contributed by atoms with E-state index in [-0.39, 0.29) is 23.8 Å². The van der Waals surface area contributed by atoms with Crippen molar-refractivity contribution in [3.05, 3.63) is 21.4 Å².